The van der Waals surface area contributed by atoms with Gasteiger partial charge in [-0.1, -0.05) is 8.19 Å². The lowest BCUT2D eigenvalue weighted by molar-refractivity contribution is 0.476. The molecule has 0 fully saturated rings. The van der Waals surface area contributed by atoms with E-state index in [0.29, 0.717) is 5.75 Å². The Morgan fingerprint density at radius 1 is 1.50 bits per heavy atom. The molecule has 0 bridgehead atoms. The molecule has 0 atom stereocenters. The third-order valence-corrected chi connectivity index (χ3v) is 1.83. The van der Waals surface area contributed by atoms with E-state index < -0.39 is 0 Å². The predicted octanol–water partition coefficient (Wildman–Crippen LogP) is 2.28. The fourth-order valence-electron chi connectivity index (χ4n) is 0.539. The van der Waals surface area contributed by atoms with Crippen molar-refractivity contribution in [3.63, 3.8) is 0 Å². The molecular formula is C6H7OP. The van der Waals surface area contributed by atoms with Gasteiger partial charge in [0.15, 0.2) is 0 Å². The van der Waals surface area contributed by atoms with Crippen LogP contribution < -0.4 is 0 Å². The summed E-state index contributed by atoms with van der Waals surface area (Å²) in [7, 11) is 1.08. The molecule has 0 radical (unpaired) electrons. The third-order valence-electron chi connectivity index (χ3n) is 0.861. The van der Waals surface area contributed by atoms with Crippen molar-refractivity contribution in [3.05, 3.63) is 23.2 Å². The first kappa shape index (κ1) is 5.58. The van der Waals surface area contributed by atoms with Crippen molar-refractivity contribution in [1.82, 2.24) is 0 Å². The Balaban J connectivity index is 3.08. The molecule has 0 aliphatic heterocycles. The Bertz CT molecular complexity index is 168. The van der Waals surface area contributed by atoms with Crippen LogP contribution in [0.5, 0.6) is 5.75 Å². The van der Waals surface area contributed by atoms with Gasteiger partial charge in [-0.05, 0) is 24.4 Å². The molecule has 0 unspecified atom stereocenters. The molecule has 1 heterocycles. The monoisotopic (exact) mass is 126 g/mol. The standard InChI is InChI=1S/C6H7OP/c1-5-2-6(7)4-8-3-5/h2-4,7H,1H3. The highest BCUT2D eigenvalue weighted by Crippen LogP contribution is 2.16. The van der Waals surface area contributed by atoms with Crippen molar-refractivity contribution in [2.75, 3.05) is 0 Å². The van der Waals surface area contributed by atoms with E-state index in [1.165, 1.54) is 0 Å². The molecule has 1 aromatic rings. The minimum atomic E-state index is 0.381. The third kappa shape index (κ3) is 1.21. The van der Waals surface area contributed by atoms with Gasteiger partial charge < -0.3 is 5.11 Å². The van der Waals surface area contributed by atoms with Crippen LogP contribution in [-0.4, -0.2) is 5.11 Å². The molecule has 0 aromatic carbocycles. The smallest absolute Gasteiger partial charge is 0.120 e. The van der Waals surface area contributed by atoms with Crippen molar-refractivity contribution >= 4 is 8.19 Å². The minimum Gasteiger partial charge on any atom is -0.508 e. The minimum absolute atomic E-state index is 0.381. The van der Waals surface area contributed by atoms with Crippen molar-refractivity contribution in [2.45, 2.75) is 6.92 Å². The summed E-state index contributed by atoms with van der Waals surface area (Å²) in [5, 5.41) is 8.84. The van der Waals surface area contributed by atoms with E-state index in [1.54, 1.807) is 11.9 Å². The molecular weight excluding hydrogens is 119 g/mol. The lowest BCUT2D eigenvalue weighted by atomic mass is 10.4. The Hall–Kier alpha value is -0.550. The van der Waals surface area contributed by atoms with Crippen LogP contribution in [0.4, 0.5) is 0 Å². The van der Waals surface area contributed by atoms with E-state index in [1.807, 2.05) is 12.7 Å². The van der Waals surface area contributed by atoms with Crippen LogP contribution in [-0.2, 0) is 0 Å². The molecule has 8 heavy (non-hydrogen) atoms. The summed E-state index contributed by atoms with van der Waals surface area (Å²) in [6, 6.07) is 1.75. The van der Waals surface area contributed by atoms with Gasteiger partial charge in [-0.2, -0.15) is 0 Å². The molecule has 1 nitrogen and oxygen atoms in total. The average Bonchev–Trinajstić information content (AvgIpc) is 1.64. The zero-order valence-electron chi connectivity index (χ0n) is 4.63. The van der Waals surface area contributed by atoms with E-state index >= 15 is 0 Å². The molecule has 0 amide bonds. The molecule has 0 aliphatic carbocycles. The molecule has 1 N–H and O–H groups in total. The normalized spacial score (nSPS) is 10.1. The second-order valence-electron chi connectivity index (χ2n) is 1.72. The summed E-state index contributed by atoms with van der Waals surface area (Å²) < 4.78 is 0. The number of hydrogen-bond acceptors (Lipinski definition) is 1. The van der Waals surface area contributed by atoms with Crippen LogP contribution in [0.25, 0.3) is 0 Å². The van der Waals surface area contributed by atoms with Crippen molar-refractivity contribution in [2.24, 2.45) is 0 Å². The maximum Gasteiger partial charge on any atom is 0.120 e. The van der Waals surface area contributed by atoms with Gasteiger partial charge in [-0.3, -0.25) is 0 Å². The van der Waals surface area contributed by atoms with Crippen LogP contribution in [0.1, 0.15) is 5.56 Å². The fraction of sp³-hybridized carbons (Fsp3) is 0.167. The Morgan fingerprint density at radius 2 is 2.25 bits per heavy atom. The van der Waals surface area contributed by atoms with Crippen molar-refractivity contribution in [3.8, 4) is 5.75 Å². The first-order chi connectivity index (χ1) is 3.79. The molecule has 0 aliphatic rings. The molecule has 1 aromatic heterocycles. The van der Waals surface area contributed by atoms with E-state index in [0.717, 1.165) is 13.8 Å². The van der Waals surface area contributed by atoms with Gasteiger partial charge in [0.2, 0.25) is 0 Å². The van der Waals surface area contributed by atoms with Gasteiger partial charge in [0, 0.05) is 5.80 Å². The summed E-state index contributed by atoms with van der Waals surface area (Å²) >= 11 is 0. The SMILES string of the molecule is Cc1cpcc(O)c1. The maximum absolute atomic E-state index is 8.84. The summed E-state index contributed by atoms with van der Waals surface area (Å²) in [5.41, 5.74) is 1.13. The van der Waals surface area contributed by atoms with Crippen LogP contribution in [0, 0.1) is 6.92 Å². The Morgan fingerprint density at radius 3 is 2.62 bits per heavy atom. The predicted molar refractivity (Wildman–Crippen MR) is 35.4 cm³/mol. The van der Waals surface area contributed by atoms with Gasteiger partial charge in [0.05, 0.1) is 0 Å². The average molecular weight is 126 g/mol. The number of aryl methyl sites for hydroxylation is 1. The van der Waals surface area contributed by atoms with Gasteiger partial charge in [-0.25, -0.2) is 0 Å². The fourth-order valence-corrected chi connectivity index (χ4v) is 1.15. The van der Waals surface area contributed by atoms with Gasteiger partial charge >= 0.3 is 0 Å². The van der Waals surface area contributed by atoms with Gasteiger partial charge in [0.25, 0.3) is 0 Å². The van der Waals surface area contributed by atoms with Crippen LogP contribution in [0.2, 0.25) is 0 Å². The largest absolute Gasteiger partial charge is 0.508 e. The molecule has 0 saturated carbocycles. The summed E-state index contributed by atoms with van der Waals surface area (Å²) in [6.07, 6.45) is 0. The Kier molecular flexibility index (Phi) is 1.50. The summed E-state index contributed by atoms with van der Waals surface area (Å²) in [5.74, 6) is 4.18. The highest BCUT2D eigenvalue weighted by molar-refractivity contribution is 7.28. The second-order valence-corrected chi connectivity index (χ2v) is 2.54. The highest BCUT2D eigenvalue weighted by Gasteiger charge is 1.83. The van der Waals surface area contributed by atoms with Crippen LogP contribution in [0.15, 0.2) is 17.7 Å². The first-order valence-electron chi connectivity index (χ1n) is 2.39. The summed E-state index contributed by atoms with van der Waals surface area (Å²) in [4.78, 5) is 0. The zero-order chi connectivity index (χ0) is 5.98. The van der Waals surface area contributed by atoms with E-state index in [9.17, 15) is 0 Å². The highest BCUT2D eigenvalue weighted by atomic mass is 31.0. The summed E-state index contributed by atoms with van der Waals surface area (Å²) in [6.45, 7) is 1.97. The molecule has 42 valence electrons. The topological polar surface area (TPSA) is 20.2 Å². The zero-order valence-corrected chi connectivity index (χ0v) is 5.52. The molecule has 0 saturated heterocycles. The van der Waals surface area contributed by atoms with E-state index in [4.69, 9.17) is 5.11 Å². The second kappa shape index (κ2) is 2.15. The maximum atomic E-state index is 8.84. The van der Waals surface area contributed by atoms with Crippen LogP contribution >= 0.6 is 8.19 Å². The Labute approximate surface area is 50.1 Å². The quantitative estimate of drug-likeness (QED) is 0.565. The first-order valence-corrected chi connectivity index (χ1v) is 3.43. The lowest BCUT2D eigenvalue weighted by Crippen LogP contribution is -1.62. The van der Waals surface area contributed by atoms with Gasteiger partial charge in [0.1, 0.15) is 5.75 Å². The van der Waals surface area contributed by atoms with Crippen LogP contribution in [0.3, 0.4) is 0 Å². The van der Waals surface area contributed by atoms with E-state index in [2.05, 4.69) is 0 Å². The van der Waals surface area contributed by atoms with Gasteiger partial charge in [-0.15, -0.1) is 0 Å². The molecule has 0 spiro atoms. The van der Waals surface area contributed by atoms with Crippen molar-refractivity contribution < 1.29 is 5.11 Å². The van der Waals surface area contributed by atoms with E-state index in [-0.39, 0.29) is 0 Å². The number of aromatic hydroxyl groups is 1. The molecule has 2 heteroatoms. The lowest BCUT2D eigenvalue weighted by Gasteiger charge is -1.89. The number of hydrogen-bond donors (Lipinski definition) is 1. The molecule has 1 rings (SSSR count). The van der Waals surface area contributed by atoms with Crippen molar-refractivity contribution in [1.29, 1.82) is 0 Å². The number of rotatable bonds is 0.